The van der Waals surface area contributed by atoms with Gasteiger partial charge in [-0.05, 0) is 43.0 Å². The number of aromatic nitrogens is 1. The third-order valence-electron chi connectivity index (χ3n) is 5.34. The van der Waals surface area contributed by atoms with Gasteiger partial charge in [-0.25, -0.2) is 4.39 Å². The largest absolute Gasteiger partial charge is 0.382 e. The highest BCUT2D eigenvalue weighted by Crippen LogP contribution is 2.46. The number of carbonyl (C=O) groups is 2. The molecule has 31 heavy (non-hydrogen) atoms. The fourth-order valence-corrected chi connectivity index (χ4v) is 4.25. The van der Waals surface area contributed by atoms with Crippen LogP contribution in [-0.4, -0.2) is 34.2 Å². The van der Waals surface area contributed by atoms with E-state index in [4.69, 9.17) is 34.8 Å². The number of aryl methyl sites for hydroxylation is 1. The lowest BCUT2D eigenvalue weighted by atomic mass is 9.72. The Morgan fingerprint density at radius 1 is 1.23 bits per heavy atom. The number of aliphatic hydroxyl groups is 1. The van der Waals surface area contributed by atoms with Crippen LogP contribution in [0.25, 0.3) is 0 Å². The fraction of sp³-hybridized carbons (Fsp3) is 0.409. The Kier molecular flexibility index (Phi) is 8.45. The molecular formula is C22H24Cl3FN2O3. The Balaban J connectivity index is 0.00000341. The summed E-state index contributed by atoms with van der Waals surface area (Å²) in [6.45, 7) is -0.173. The molecule has 0 saturated heterocycles. The van der Waals surface area contributed by atoms with Gasteiger partial charge in [0.1, 0.15) is 11.5 Å². The molecule has 1 amide bonds. The minimum Gasteiger partial charge on any atom is -0.382 e. The quantitative estimate of drug-likeness (QED) is 0.551. The van der Waals surface area contributed by atoms with Crippen molar-refractivity contribution in [3.63, 3.8) is 0 Å². The Morgan fingerprint density at radius 2 is 1.97 bits per heavy atom. The van der Waals surface area contributed by atoms with Gasteiger partial charge in [-0.1, -0.05) is 42.8 Å². The average molecular weight is 490 g/mol. The van der Waals surface area contributed by atoms with E-state index in [1.807, 2.05) is 0 Å². The Hall–Kier alpha value is -1.73. The highest BCUT2D eigenvalue weighted by Gasteiger charge is 2.51. The van der Waals surface area contributed by atoms with Crippen LogP contribution in [0.1, 0.15) is 43.5 Å². The highest BCUT2D eigenvalue weighted by atomic mass is 35.5. The van der Waals surface area contributed by atoms with Gasteiger partial charge in [0, 0.05) is 28.2 Å². The smallest absolute Gasteiger partial charge is 0.235 e. The number of benzene rings is 1. The van der Waals surface area contributed by atoms with Gasteiger partial charge in [-0.3, -0.25) is 14.6 Å². The number of hydrogen-bond acceptors (Lipinski definition) is 4. The minimum absolute atomic E-state index is 0. The molecule has 168 valence electrons. The number of ketones is 1. The van der Waals surface area contributed by atoms with Gasteiger partial charge in [-0.15, -0.1) is 11.6 Å². The number of nitrogens with zero attached hydrogens (tertiary/aromatic N) is 1. The molecule has 2 atom stereocenters. The number of rotatable bonds is 7. The van der Waals surface area contributed by atoms with E-state index in [0.29, 0.717) is 15.6 Å². The van der Waals surface area contributed by atoms with E-state index < -0.39 is 23.0 Å². The van der Waals surface area contributed by atoms with Crippen LogP contribution in [0.4, 0.5) is 4.39 Å². The Morgan fingerprint density at radius 3 is 2.65 bits per heavy atom. The van der Waals surface area contributed by atoms with Crippen molar-refractivity contribution < 1.29 is 19.1 Å². The molecule has 9 heteroatoms. The lowest BCUT2D eigenvalue weighted by Gasteiger charge is -2.39. The van der Waals surface area contributed by atoms with Gasteiger partial charge in [0.25, 0.3) is 0 Å². The second-order valence-electron chi connectivity index (χ2n) is 7.30. The van der Waals surface area contributed by atoms with Gasteiger partial charge in [0.2, 0.25) is 5.91 Å². The van der Waals surface area contributed by atoms with Crippen molar-refractivity contribution in [2.24, 2.45) is 0 Å². The van der Waals surface area contributed by atoms with Crippen molar-refractivity contribution in [1.82, 2.24) is 10.3 Å². The van der Waals surface area contributed by atoms with Crippen LogP contribution in [0.2, 0.25) is 10.0 Å². The summed E-state index contributed by atoms with van der Waals surface area (Å²) < 4.78 is 16.0. The molecule has 1 aliphatic carbocycles. The predicted octanol–water partition coefficient (Wildman–Crippen LogP) is 4.73. The molecule has 3 rings (SSSR count). The number of fused-ring (bicyclic) bond motifs is 1. The monoisotopic (exact) mass is 488 g/mol. The van der Waals surface area contributed by atoms with Gasteiger partial charge in [-0.2, -0.15) is 0 Å². The first-order chi connectivity index (χ1) is 14.2. The third kappa shape index (κ3) is 5.37. The summed E-state index contributed by atoms with van der Waals surface area (Å²) in [6, 6.07) is 7.90. The summed E-state index contributed by atoms with van der Waals surface area (Å²) >= 11 is 17.5. The first-order valence-corrected chi connectivity index (χ1v) is 10.7. The van der Waals surface area contributed by atoms with E-state index >= 15 is 4.39 Å². The van der Waals surface area contributed by atoms with E-state index in [9.17, 15) is 14.7 Å². The number of carbonyl (C=O) groups excluding carboxylic acids is 2. The van der Waals surface area contributed by atoms with Crippen LogP contribution < -0.4 is 5.32 Å². The molecule has 1 aromatic heterocycles. The first-order valence-electron chi connectivity index (χ1n) is 9.37. The number of nitrogens with one attached hydrogen (secondary N) is 1. The first kappa shape index (κ1) is 25.5. The number of Topliss-reactive ketones (excluding diaryl/α,β-unsaturated/α-hetero) is 1. The molecule has 5 nitrogen and oxygen atoms in total. The number of hydrogen-bond donors (Lipinski definition) is 2. The van der Waals surface area contributed by atoms with Gasteiger partial charge in [0.05, 0.1) is 12.2 Å². The molecule has 0 spiro atoms. The summed E-state index contributed by atoms with van der Waals surface area (Å²) in [4.78, 5) is 28.5. The lowest BCUT2D eigenvalue weighted by molar-refractivity contribution is -0.135. The van der Waals surface area contributed by atoms with Gasteiger partial charge in [0.15, 0.2) is 11.5 Å². The summed E-state index contributed by atoms with van der Waals surface area (Å²) in [5.74, 6) is -1.34. The molecule has 2 N–H and O–H groups in total. The Labute approximate surface area is 195 Å². The molecule has 2 aromatic rings. The van der Waals surface area contributed by atoms with Gasteiger partial charge < -0.3 is 10.4 Å². The normalized spacial score (nSPS) is 22.2. The van der Waals surface area contributed by atoms with Crippen molar-refractivity contribution in [3.05, 3.63) is 63.4 Å². The van der Waals surface area contributed by atoms with E-state index in [1.54, 1.807) is 18.2 Å². The van der Waals surface area contributed by atoms with Crippen molar-refractivity contribution >= 4 is 46.5 Å². The number of pyridine rings is 1. The van der Waals surface area contributed by atoms with Crippen LogP contribution in [0.3, 0.4) is 0 Å². The van der Waals surface area contributed by atoms with E-state index in [0.717, 1.165) is 0 Å². The molecule has 0 unspecified atom stereocenters. The van der Waals surface area contributed by atoms with Crippen LogP contribution in [0.15, 0.2) is 36.5 Å². The highest BCUT2D eigenvalue weighted by molar-refractivity contribution is 6.35. The van der Waals surface area contributed by atoms with Crippen LogP contribution in [0.5, 0.6) is 0 Å². The summed E-state index contributed by atoms with van der Waals surface area (Å²) in [5.41, 5.74) is -3.11. The minimum atomic E-state index is -2.29. The summed E-state index contributed by atoms with van der Waals surface area (Å²) in [5, 5.41) is 14.4. The molecule has 0 bridgehead atoms. The van der Waals surface area contributed by atoms with E-state index in [1.165, 1.54) is 18.3 Å². The number of alkyl halides is 2. The van der Waals surface area contributed by atoms with Crippen molar-refractivity contribution in [3.8, 4) is 0 Å². The second kappa shape index (κ2) is 10.3. The third-order valence-corrected chi connectivity index (χ3v) is 6.17. The average Bonchev–Trinajstić information content (AvgIpc) is 2.74. The fourth-order valence-electron chi connectivity index (χ4n) is 3.65. The molecule has 0 aliphatic heterocycles. The molecule has 1 aromatic carbocycles. The molecule has 0 fully saturated rings. The molecule has 0 radical (unpaired) electrons. The maximum atomic E-state index is 16.0. The zero-order valence-corrected chi connectivity index (χ0v) is 18.2. The Bertz CT molecular complexity index is 975. The maximum absolute atomic E-state index is 16.0. The van der Waals surface area contributed by atoms with Crippen molar-refractivity contribution in [1.29, 1.82) is 0 Å². The summed E-state index contributed by atoms with van der Waals surface area (Å²) in [7, 11) is 0. The van der Waals surface area contributed by atoms with Crippen LogP contribution >= 0.6 is 34.8 Å². The molecule has 1 heterocycles. The maximum Gasteiger partial charge on any atom is 0.235 e. The zero-order valence-electron chi connectivity index (χ0n) is 15.9. The molecule has 1 aliphatic rings. The van der Waals surface area contributed by atoms with Crippen LogP contribution in [0, 0.1) is 0 Å². The number of halogens is 4. The van der Waals surface area contributed by atoms with Crippen molar-refractivity contribution in [2.75, 3.05) is 12.4 Å². The topological polar surface area (TPSA) is 79.3 Å². The lowest BCUT2D eigenvalue weighted by Crippen LogP contribution is -2.49. The second-order valence-corrected chi connectivity index (χ2v) is 8.41. The van der Waals surface area contributed by atoms with E-state index in [-0.39, 0.29) is 56.8 Å². The van der Waals surface area contributed by atoms with Gasteiger partial charge >= 0.3 is 0 Å². The zero-order chi connectivity index (χ0) is 21.9. The van der Waals surface area contributed by atoms with Crippen LogP contribution in [-0.2, 0) is 27.3 Å². The molecular weight excluding hydrogens is 466 g/mol. The standard InChI is InChI=1S/C21H20Cl3FN2O3.CH4/c22-11-18(29)27-12-20(30)7-8-21(25,15-2-1-9-26-19(15)20)17(28)6-4-13-3-5-14(23)10-16(13)24;/h1-3,5,9-10,30H,4,6-8,11-12H2,(H,27,29);1H4/t20-,21+;/m0./s1. The SMILES string of the molecule is C.O=C(CCl)NC[C@@]1(O)CC[C@](F)(C(=O)CCc2ccc(Cl)cc2Cl)c2cccnc21. The predicted molar refractivity (Wildman–Crippen MR) is 120 cm³/mol. The number of amides is 1. The molecule has 0 saturated carbocycles. The van der Waals surface area contributed by atoms with E-state index in [2.05, 4.69) is 10.3 Å². The van der Waals surface area contributed by atoms with Crippen molar-refractivity contribution in [2.45, 2.75) is 44.4 Å². The summed E-state index contributed by atoms with van der Waals surface area (Å²) in [6.07, 6.45) is 1.28.